The molecule has 0 aliphatic rings. The van der Waals surface area contributed by atoms with Crippen LogP contribution in [0.1, 0.15) is 17.4 Å². The molecule has 0 bridgehead atoms. The minimum atomic E-state index is -0.473. The van der Waals surface area contributed by atoms with E-state index in [2.05, 4.69) is 15.9 Å². The lowest BCUT2D eigenvalue weighted by Crippen LogP contribution is -2.10. The third-order valence-corrected chi connectivity index (χ3v) is 3.98. The van der Waals surface area contributed by atoms with Crippen LogP contribution in [-0.2, 0) is 0 Å². The first-order valence-electron chi connectivity index (χ1n) is 6.37. The van der Waals surface area contributed by atoms with Gasteiger partial charge >= 0.3 is 0 Å². The van der Waals surface area contributed by atoms with Crippen molar-refractivity contribution in [2.45, 2.75) is 6.04 Å². The molecule has 3 nitrogen and oxygen atoms in total. The molecule has 1 unspecified atom stereocenters. The van der Waals surface area contributed by atoms with Crippen LogP contribution in [0.25, 0.3) is 11.0 Å². The first-order chi connectivity index (χ1) is 10.1. The molecule has 21 heavy (non-hydrogen) atoms. The molecule has 1 heterocycles. The van der Waals surface area contributed by atoms with Gasteiger partial charge in [-0.15, -0.1) is 0 Å². The Kier molecular flexibility index (Phi) is 3.69. The van der Waals surface area contributed by atoms with Crippen molar-refractivity contribution in [2.24, 2.45) is 5.73 Å². The highest BCUT2D eigenvalue weighted by molar-refractivity contribution is 9.10. The van der Waals surface area contributed by atoms with Gasteiger partial charge in [0.15, 0.2) is 11.4 Å². The zero-order valence-electron chi connectivity index (χ0n) is 11.3. The van der Waals surface area contributed by atoms with Crippen LogP contribution in [0.3, 0.4) is 0 Å². The van der Waals surface area contributed by atoms with E-state index >= 15 is 0 Å². The molecule has 0 saturated heterocycles. The van der Waals surface area contributed by atoms with Crippen LogP contribution in [0, 0.1) is 5.82 Å². The van der Waals surface area contributed by atoms with Gasteiger partial charge in [0.1, 0.15) is 11.5 Å². The molecule has 3 aromatic rings. The monoisotopic (exact) mass is 349 g/mol. The topological polar surface area (TPSA) is 48.4 Å². The summed E-state index contributed by atoms with van der Waals surface area (Å²) in [6.07, 6.45) is 0. The Morgan fingerprint density at radius 2 is 2.05 bits per heavy atom. The molecule has 2 N–H and O–H groups in total. The van der Waals surface area contributed by atoms with Crippen LogP contribution < -0.4 is 10.5 Å². The number of ether oxygens (including phenoxy) is 1. The number of fused-ring (bicyclic) bond motifs is 1. The summed E-state index contributed by atoms with van der Waals surface area (Å²) in [5.74, 6) is 0.857. The zero-order valence-corrected chi connectivity index (χ0v) is 12.9. The quantitative estimate of drug-likeness (QED) is 0.762. The number of hydrogen-bond donors (Lipinski definition) is 1. The predicted molar refractivity (Wildman–Crippen MR) is 82.9 cm³/mol. The molecule has 5 heteroatoms. The van der Waals surface area contributed by atoms with Gasteiger partial charge in [-0.05, 0) is 45.8 Å². The van der Waals surface area contributed by atoms with E-state index in [9.17, 15) is 4.39 Å². The minimum absolute atomic E-state index is 0.232. The van der Waals surface area contributed by atoms with Gasteiger partial charge in [-0.25, -0.2) is 4.39 Å². The Morgan fingerprint density at radius 3 is 2.71 bits per heavy atom. The second-order valence-electron chi connectivity index (χ2n) is 4.68. The fourth-order valence-corrected chi connectivity index (χ4v) is 2.80. The summed E-state index contributed by atoms with van der Waals surface area (Å²) >= 11 is 3.42. The summed E-state index contributed by atoms with van der Waals surface area (Å²) in [5.41, 5.74) is 7.29. The van der Waals surface area contributed by atoms with Gasteiger partial charge in [-0.2, -0.15) is 0 Å². The van der Waals surface area contributed by atoms with E-state index in [0.29, 0.717) is 11.1 Å². The summed E-state index contributed by atoms with van der Waals surface area (Å²) in [4.78, 5) is 0. The normalized spacial score (nSPS) is 12.6. The third kappa shape index (κ3) is 2.54. The number of para-hydroxylation sites is 1. The van der Waals surface area contributed by atoms with E-state index < -0.39 is 6.04 Å². The highest BCUT2D eigenvalue weighted by Crippen LogP contribution is 2.32. The molecular weight excluding hydrogens is 337 g/mol. The lowest BCUT2D eigenvalue weighted by atomic mass is 10.1. The minimum Gasteiger partial charge on any atom is -0.496 e. The van der Waals surface area contributed by atoms with E-state index in [4.69, 9.17) is 14.9 Å². The summed E-state index contributed by atoms with van der Waals surface area (Å²) < 4.78 is 25.2. The molecule has 0 amide bonds. The maximum atomic E-state index is 13.7. The van der Waals surface area contributed by atoms with Crippen LogP contribution in [0.5, 0.6) is 5.75 Å². The Bertz CT molecular complexity index is 800. The summed E-state index contributed by atoms with van der Waals surface area (Å²) in [6, 6.07) is 11.6. The molecule has 3 rings (SSSR count). The molecule has 0 saturated carbocycles. The van der Waals surface area contributed by atoms with Crippen molar-refractivity contribution >= 4 is 26.9 Å². The van der Waals surface area contributed by atoms with Gasteiger partial charge in [0.25, 0.3) is 0 Å². The van der Waals surface area contributed by atoms with Crippen molar-refractivity contribution in [3.63, 3.8) is 0 Å². The number of halogens is 2. The fourth-order valence-electron chi connectivity index (χ4n) is 2.24. The largest absolute Gasteiger partial charge is 0.496 e. The Morgan fingerprint density at radius 1 is 1.24 bits per heavy atom. The standard InChI is InChI=1S/C16H13BrFNO2/c1-20-13-6-5-9(7-11(13)17)15(19)14-8-10-3-2-4-12(18)16(10)21-14/h2-8,15H,19H2,1H3. The first kappa shape index (κ1) is 14.1. The highest BCUT2D eigenvalue weighted by atomic mass is 79.9. The Labute approximate surface area is 129 Å². The van der Waals surface area contributed by atoms with Gasteiger partial charge in [0, 0.05) is 5.39 Å². The van der Waals surface area contributed by atoms with Crippen LogP contribution in [0.4, 0.5) is 4.39 Å². The molecule has 1 aromatic heterocycles. The number of benzene rings is 2. The molecular formula is C16H13BrFNO2. The van der Waals surface area contributed by atoms with E-state index in [1.54, 1.807) is 25.3 Å². The molecule has 108 valence electrons. The van der Waals surface area contributed by atoms with Crippen LogP contribution in [0.15, 0.2) is 51.4 Å². The number of nitrogens with two attached hydrogens (primary N) is 1. The predicted octanol–water partition coefficient (Wildman–Crippen LogP) is 4.39. The van der Waals surface area contributed by atoms with Gasteiger partial charge < -0.3 is 14.9 Å². The van der Waals surface area contributed by atoms with Crippen LogP contribution in [0.2, 0.25) is 0 Å². The molecule has 0 fully saturated rings. The van der Waals surface area contributed by atoms with E-state index in [0.717, 1.165) is 15.8 Å². The van der Waals surface area contributed by atoms with Crippen LogP contribution >= 0.6 is 15.9 Å². The average Bonchev–Trinajstić information content (AvgIpc) is 2.92. The maximum absolute atomic E-state index is 13.7. The van der Waals surface area contributed by atoms with Crippen LogP contribution in [-0.4, -0.2) is 7.11 Å². The van der Waals surface area contributed by atoms with Crippen molar-refractivity contribution in [1.82, 2.24) is 0 Å². The average molecular weight is 350 g/mol. The van der Waals surface area contributed by atoms with Crippen molar-refractivity contribution in [2.75, 3.05) is 7.11 Å². The second kappa shape index (κ2) is 5.50. The van der Waals surface area contributed by atoms with Gasteiger partial charge in [0.2, 0.25) is 0 Å². The van der Waals surface area contributed by atoms with Crippen molar-refractivity contribution in [3.05, 3.63) is 64.1 Å². The number of hydrogen-bond acceptors (Lipinski definition) is 3. The zero-order chi connectivity index (χ0) is 15.0. The van der Waals surface area contributed by atoms with Gasteiger partial charge in [0.05, 0.1) is 17.6 Å². The van der Waals surface area contributed by atoms with Crippen molar-refractivity contribution in [3.8, 4) is 5.75 Å². The summed E-state index contributed by atoms with van der Waals surface area (Å²) in [7, 11) is 1.60. The SMILES string of the molecule is COc1ccc(C(N)c2cc3cccc(F)c3o2)cc1Br. The molecule has 0 aliphatic heterocycles. The van der Waals surface area contributed by atoms with Gasteiger partial charge in [-0.1, -0.05) is 18.2 Å². The Hall–Kier alpha value is -1.85. The van der Waals surface area contributed by atoms with Crippen molar-refractivity contribution < 1.29 is 13.5 Å². The summed E-state index contributed by atoms with van der Waals surface area (Å²) in [5, 5.41) is 0.702. The smallest absolute Gasteiger partial charge is 0.169 e. The van der Waals surface area contributed by atoms with E-state index in [1.165, 1.54) is 6.07 Å². The second-order valence-corrected chi connectivity index (χ2v) is 5.53. The van der Waals surface area contributed by atoms with Crippen molar-refractivity contribution in [1.29, 1.82) is 0 Å². The van der Waals surface area contributed by atoms with E-state index in [1.807, 2.05) is 18.2 Å². The number of methoxy groups -OCH3 is 1. The molecule has 0 spiro atoms. The lowest BCUT2D eigenvalue weighted by Gasteiger charge is -2.11. The first-order valence-corrected chi connectivity index (χ1v) is 7.16. The maximum Gasteiger partial charge on any atom is 0.169 e. The lowest BCUT2D eigenvalue weighted by molar-refractivity contribution is 0.411. The molecule has 1 atom stereocenters. The molecule has 0 aliphatic carbocycles. The van der Waals surface area contributed by atoms with E-state index in [-0.39, 0.29) is 11.4 Å². The molecule has 0 radical (unpaired) electrons. The number of rotatable bonds is 3. The summed E-state index contributed by atoms with van der Waals surface area (Å²) in [6.45, 7) is 0. The highest BCUT2D eigenvalue weighted by Gasteiger charge is 2.17. The third-order valence-electron chi connectivity index (χ3n) is 3.36. The molecule has 2 aromatic carbocycles. The number of furan rings is 1. The van der Waals surface area contributed by atoms with Gasteiger partial charge in [-0.3, -0.25) is 0 Å². The fraction of sp³-hybridized carbons (Fsp3) is 0.125. The Balaban J connectivity index is 2.01.